The lowest BCUT2D eigenvalue weighted by molar-refractivity contribution is -0.117. The number of hydrogen-bond donors (Lipinski definition) is 0. The van der Waals surface area contributed by atoms with E-state index in [9.17, 15) is 9.59 Å². The maximum absolute atomic E-state index is 12.1. The normalized spacial score (nSPS) is 20.1. The Kier molecular flexibility index (Phi) is 3.24. The summed E-state index contributed by atoms with van der Waals surface area (Å²) in [7, 11) is 0. The first-order valence-corrected chi connectivity index (χ1v) is 6.19. The number of carbonyl (C=O) groups is 2. The van der Waals surface area contributed by atoms with Crippen molar-refractivity contribution in [3.05, 3.63) is 33.8 Å². The third-order valence-corrected chi connectivity index (χ3v) is 3.93. The van der Waals surface area contributed by atoms with Crippen molar-refractivity contribution in [1.82, 2.24) is 0 Å². The molecule has 1 aromatic rings. The van der Waals surface area contributed by atoms with Crippen LogP contribution in [0, 0.1) is 12.8 Å². The molecule has 1 aliphatic rings. The van der Waals surface area contributed by atoms with Gasteiger partial charge >= 0.3 is 0 Å². The van der Waals surface area contributed by atoms with Crippen LogP contribution in [-0.2, 0) is 4.79 Å². The Hall–Kier alpha value is -0.960. The molecule has 1 atom stereocenters. The van der Waals surface area contributed by atoms with Crippen LogP contribution in [0.2, 0.25) is 0 Å². The first kappa shape index (κ1) is 11.5. The molecular weight excluding hydrogens is 268 g/mol. The van der Waals surface area contributed by atoms with Gasteiger partial charge in [0.2, 0.25) is 0 Å². The molecule has 2 rings (SSSR count). The summed E-state index contributed by atoms with van der Waals surface area (Å²) in [4.78, 5) is 23.2. The smallest absolute Gasteiger partial charge is 0.166 e. The Morgan fingerprint density at radius 1 is 1.44 bits per heavy atom. The third kappa shape index (κ3) is 2.24. The minimum absolute atomic E-state index is 0.0953. The van der Waals surface area contributed by atoms with E-state index < -0.39 is 0 Å². The standard InChI is InChI=1S/C13H13BrO2/c1-8-2-3-10(7-12(8)14)13(16)9-4-5-11(15)6-9/h2-3,7,9H,4-6H2,1H3. The summed E-state index contributed by atoms with van der Waals surface area (Å²) >= 11 is 3.42. The molecule has 0 bridgehead atoms. The van der Waals surface area contributed by atoms with Crippen molar-refractivity contribution in [2.75, 3.05) is 0 Å². The molecule has 1 fully saturated rings. The first-order chi connectivity index (χ1) is 7.58. The zero-order chi connectivity index (χ0) is 11.7. The van der Waals surface area contributed by atoms with E-state index in [0.29, 0.717) is 24.8 Å². The average molecular weight is 281 g/mol. The Balaban J connectivity index is 2.21. The molecule has 3 heteroatoms. The summed E-state index contributed by atoms with van der Waals surface area (Å²) in [6.45, 7) is 1.98. The highest BCUT2D eigenvalue weighted by Crippen LogP contribution is 2.27. The molecule has 0 N–H and O–H groups in total. The van der Waals surface area contributed by atoms with Crippen molar-refractivity contribution in [1.29, 1.82) is 0 Å². The summed E-state index contributed by atoms with van der Waals surface area (Å²) in [5.74, 6) is 0.221. The molecule has 84 valence electrons. The second kappa shape index (κ2) is 4.50. The molecule has 1 unspecified atom stereocenters. The zero-order valence-electron chi connectivity index (χ0n) is 9.13. The highest BCUT2D eigenvalue weighted by Gasteiger charge is 2.28. The Labute approximate surface area is 103 Å². The predicted octanol–water partition coefficient (Wildman–Crippen LogP) is 3.31. The second-order valence-electron chi connectivity index (χ2n) is 4.31. The number of halogens is 1. The fourth-order valence-corrected chi connectivity index (χ4v) is 2.40. The quantitative estimate of drug-likeness (QED) is 0.779. The summed E-state index contributed by atoms with van der Waals surface area (Å²) in [6.07, 6.45) is 1.69. The SMILES string of the molecule is Cc1ccc(C(=O)C2CCC(=O)C2)cc1Br. The van der Waals surface area contributed by atoms with Crippen LogP contribution in [0.3, 0.4) is 0 Å². The van der Waals surface area contributed by atoms with Crippen molar-refractivity contribution >= 4 is 27.5 Å². The lowest BCUT2D eigenvalue weighted by atomic mass is 9.96. The van der Waals surface area contributed by atoms with Gasteiger partial charge in [-0.3, -0.25) is 9.59 Å². The van der Waals surface area contributed by atoms with E-state index in [2.05, 4.69) is 15.9 Å². The van der Waals surface area contributed by atoms with E-state index in [1.807, 2.05) is 25.1 Å². The van der Waals surface area contributed by atoms with Crippen LogP contribution in [0.15, 0.2) is 22.7 Å². The van der Waals surface area contributed by atoms with Crippen LogP contribution in [0.1, 0.15) is 35.2 Å². The van der Waals surface area contributed by atoms with E-state index in [1.54, 1.807) is 0 Å². The Morgan fingerprint density at radius 3 is 2.75 bits per heavy atom. The van der Waals surface area contributed by atoms with Crippen LogP contribution in [0.4, 0.5) is 0 Å². The number of hydrogen-bond acceptors (Lipinski definition) is 2. The maximum atomic E-state index is 12.1. The fraction of sp³-hybridized carbons (Fsp3) is 0.385. The molecule has 1 saturated carbocycles. The van der Waals surface area contributed by atoms with Crippen molar-refractivity contribution in [2.24, 2.45) is 5.92 Å². The Morgan fingerprint density at radius 2 is 2.19 bits per heavy atom. The minimum Gasteiger partial charge on any atom is -0.300 e. The lowest BCUT2D eigenvalue weighted by Crippen LogP contribution is -2.11. The molecule has 2 nitrogen and oxygen atoms in total. The molecule has 1 aliphatic carbocycles. The van der Waals surface area contributed by atoms with E-state index >= 15 is 0 Å². The van der Waals surface area contributed by atoms with Crippen LogP contribution in [-0.4, -0.2) is 11.6 Å². The largest absolute Gasteiger partial charge is 0.300 e. The van der Waals surface area contributed by atoms with Crippen molar-refractivity contribution in [3.8, 4) is 0 Å². The van der Waals surface area contributed by atoms with Gasteiger partial charge in [-0.25, -0.2) is 0 Å². The molecular formula is C13H13BrO2. The van der Waals surface area contributed by atoms with E-state index in [1.165, 1.54) is 0 Å². The van der Waals surface area contributed by atoms with Gasteiger partial charge in [0.25, 0.3) is 0 Å². The highest BCUT2D eigenvalue weighted by atomic mass is 79.9. The molecule has 0 radical (unpaired) electrons. The second-order valence-corrected chi connectivity index (χ2v) is 5.16. The predicted molar refractivity (Wildman–Crippen MR) is 65.6 cm³/mol. The molecule has 0 aliphatic heterocycles. The van der Waals surface area contributed by atoms with Crippen molar-refractivity contribution in [3.63, 3.8) is 0 Å². The van der Waals surface area contributed by atoms with Gasteiger partial charge in [-0.05, 0) is 25.0 Å². The number of rotatable bonds is 2. The van der Waals surface area contributed by atoms with Crippen LogP contribution in [0.5, 0.6) is 0 Å². The van der Waals surface area contributed by atoms with Crippen molar-refractivity contribution < 1.29 is 9.59 Å². The third-order valence-electron chi connectivity index (χ3n) is 3.07. The summed E-state index contributed by atoms with van der Waals surface area (Å²) in [5, 5.41) is 0. The first-order valence-electron chi connectivity index (χ1n) is 5.40. The van der Waals surface area contributed by atoms with E-state index in [0.717, 1.165) is 10.0 Å². The van der Waals surface area contributed by atoms with Crippen LogP contribution >= 0.6 is 15.9 Å². The van der Waals surface area contributed by atoms with Gasteiger partial charge in [-0.2, -0.15) is 0 Å². The number of ketones is 2. The number of Topliss-reactive ketones (excluding diaryl/α,β-unsaturated/α-hetero) is 2. The van der Waals surface area contributed by atoms with Gasteiger partial charge in [0.1, 0.15) is 5.78 Å². The molecule has 1 aromatic carbocycles. The summed E-state index contributed by atoms with van der Waals surface area (Å²) in [5.41, 5.74) is 1.82. The van der Waals surface area contributed by atoms with E-state index in [4.69, 9.17) is 0 Å². The number of aryl methyl sites for hydroxylation is 1. The van der Waals surface area contributed by atoms with Crippen LogP contribution in [0.25, 0.3) is 0 Å². The van der Waals surface area contributed by atoms with E-state index in [-0.39, 0.29) is 17.5 Å². The van der Waals surface area contributed by atoms with Crippen LogP contribution < -0.4 is 0 Å². The van der Waals surface area contributed by atoms with Gasteiger partial charge in [0.15, 0.2) is 5.78 Å². The molecule has 0 spiro atoms. The molecule has 0 heterocycles. The molecule has 0 saturated heterocycles. The fourth-order valence-electron chi connectivity index (χ4n) is 2.02. The molecule has 0 amide bonds. The van der Waals surface area contributed by atoms with Gasteiger partial charge in [-0.15, -0.1) is 0 Å². The topological polar surface area (TPSA) is 34.1 Å². The average Bonchev–Trinajstić information content (AvgIpc) is 2.68. The van der Waals surface area contributed by atoms with Gasteiger partial charge in [0.05, 0.1) is 0 Å². The molecule has 16 heavy (non-hydrogen) atoms. The van der Waals surface area contributed by atoms with Gasteiger partial charge < -0.3 is 0 Å². The summed E-state index contributed by atoms with van der Waals surface area (Å²) < 4.78 is 0.947. The lowest BCUT2D eigenvalue weighted by Gasteiger charge is -2.08. The van der Waals surface area contributed by atoms with Gasteiger partial charge in [0, 0.05) is 28.8 Å². The minimum atomic E-state index is -0.0953. The zero-order valence-corrected chi connectivity index (χ0v) is 10.7. The number of carbonyl (C=O) groups excluding carboxylic acids is 2. The van der Waals surface area contributed by atoms with Gasteiger partial charge in [-0.1, -0.05) is 28.1 Å². The Bertz CT molecular complexity index is 451. The van der Waals surface area contributed by atoms with Crippen molar-refractivity contribution in [2.45, 2.75) is 26.2 Å². The maximum Gasteiger partial charge on any atom is 0.166 e. The molecule has 0 aromatic heterocycles. The summed E-state index contributed by atoms with van der Waals surface area (Å²) in [6, 6.07) is 5.61. The highest BCUT2D eigenvalue weighted by molar-refractivity contribution is 9.10. The number of benzene rings is 1. The monoisotopic (exact) mass is 280 g/mol.